The van der Waals surface area contributed by atoms with Gasteiger partial charge in [-0.3, -0.25) is 5.10 Å². The third kappa shape index (κ3) is 3.92. The highest BCUT2D eigenvalue weighted by Gasteiger charge is 2.15. The number of nitrogens with one attached hydrogen (secondary N) is 4. The fraction of sp³-hybridized carbons (Fsp3) is 0.417. The van der Waals surface area contributed by atoms with Crippen LogP contribution in [0, 0.1) is 0 Å². The zero-order chi connectivity index (χ0) is 14.4. The van der Waals surface area contributed by atoms with Crippen molar-refractivity contribution in [1.82, 2.24) is 25.2 Å². The fourth-order valence-electron chi connectivity index (χ4n) is 1.71. The highest BCUT2D eigenvalue weighted by Crippen LogP contribution is 2.11. The molecule has 0 aliphatic carbocycles. The zero-order valence-electron chi connectivity index (χ0n) is 11.3. The Balaban J connectivity index is 1.95. The van der Waals surface area contributed by atoms with Gasteiger partial charge in [-0.2, -0.15) is 5.10 Å². The Kier molecular flexibility index (Phi) is 4.94. The molecule has 4 N–H and O–H groups in total. The Morgan fingerprint density at radius 2 is 2.15 bits per heavy atom. The van der Waals surface area contributed by atoms with Gasteiger partial charge in [0.25, 0.3) is 0 Å². The van der Waals surface area contributed by atoms with Crippen molar-refractivity contribution in [3.05, 3.63) is 35.9 Å². The van der Waals surface area contributed by atoms with E-state index < -0.39 is 10.0 Å². The quantitative estimate of drug-likeness (QED) is 0.539. The second-order valence-electron chi connectivity index (χ2n) is 4.47. The topological polar surface area (TPSA) is 103 Å². The van der Waals surface area contributed by atoms with Crippen molar-refractivity contribution in [3.63, 3.8) is 0 Å². The average molecular weight is 297 g/mol. The molecule has 0 bridgehead atoms. The molecule has 0 fully saturated rings. The minimum absolute atomic E-state index is 0.216. The summed E-state index contributed by atoms with van der Waals surface area (Å²) in [4.78, 5) is 3.21. The first-order chi connectivity index (χ1) is 9.62. The van der Waals surface area contributed by atoms with Crippen LogP contribution in [0.4, 0.5) is 0 Å². The number of aromatic amines is 2. The molecule has 0 amide bonds. The largest absolute Gasteiger partial charge is 0.363 e. The van der Waals surface area contributed by atoms with Crippen LogP contribution < -0.4 is 10.0 Å². The summed E-state index contributed by atoms with van der Waals surface area (Å²) in [6.45, 7) is 3.83. The Labute approximate surface area is 118 Å². The minimum atomic E-state index is -3.50. The number of sulfonamides is 1. The molecule has 7 nitrogen and oxygen atoms in total. The van der Waals surface area contributed by atoms with Gasteiger partial charge < -0.3 is 10.3 Å². The lowest BCUT2D eigenvalue weighted by Crippen LogP contribution is -2.22. The van der Waals surface area contributed by atoms with E-state index in [-0.39, 0.29) is 11.4 Å². The van der Waals surface area contributed by atoms with Crippen molar-refractivity contribution >= 4 is 10.0 Å². The molecule has 0 aliphatic heterocycles. The molecule has 0 atom stereocenters. The van der Waals surface area contributed by atoms with Crippen LogP contribution in [0.1, 0.15) is 24.6 Å². The first-order valence-electron chi connectivity index (χ1n) is 6.47. The van der Waals surface area contributed by atoms with Crippen LogP contribution in [0.3, 0.4) is 0 Å². The summed E-state index contributed by atoms with van der Waals surface area (Å²) in [7, 11) is -3.50. The molecule has 2 heterocycles. The van der Waals surface area contributed by atoms with Gasteiger partial charge in [0.05, 0.1) is 11.1 Å². The van der Waals surface area contributed by atoms with Gasteiger partial charge >= 0.3 is 0 Å². The van der Waals surface area contributed by atoms with E-state index in [1.165, 1.54) is 6.20 Å². The molecule has 2 rings (SSSR count). The maximum Gasteiger partial charge on any atom is 0.242 e. The van der Waals surface area contributed by atoms with E-state index in [9.17, 15) is 8.42 Å². The number of rotatable bonds is 8. The van der Waals surface area contributed by atoms with Gasteiger partial charge in [-0.15, -0.1) is 0 Å². The molecule has 0 saturated heterocycles. The Bertz CT molecular complexity index is 618. The van der Waals surface area contributed by atoms with Crippen molar-refractivity contribution in [2.24, 2.45) is 0 Å². The highest BCUT2D eigenvalue weighted by molar-refractivity contribution is 7.89. The van der Waals surface area contributed by atoms with Crippen LogP contribution in [-0.2, 0) is 23.1 Å². The summed E-state index contributed by atoms with van der Waals surface area (Å²) >= 11 is 0. The van der Waals surface area contributed by atoms with E-state index in [2.05, 4.69) is 32.1 Å². The third-order valence-electron chi connectivity index (χ3n) is 2.79. The molecule has 0 aromatic carbocycles. The second kappa shape index (κ2) is 6.69. The third-order valence-corrected chi connectivity index (χ3v) is 4.17. The molecule has 110 valence electrons. The number of nitrogens with zero attached hydrogens (tertiary/aromatic N) is 1. The summed E-state index contributed by atoms with van der Waals surface area (Å²) in [5, 5.41) is 9.62. The molecule has 20 heavy (non-hydrogen) atoms. The smallest absolute Gasteiger partial charge is 0.242 e. The average Bonchev–Trinajstić information content (AvgIpc) is 3.08. The van der Waals surface area contributed by atoms with Crippen LogP contribution >= 0.6 is 0 Å². The second-order valence-corrected chi connectivity index (χ2v) is 6.24. The van der Waals surface area contributed by atoms with E-state index in [0.29, 0.717) is 6.54 Å². The van der Waals surface area contributed by atoms with Gasteiger partial charge in [0.2, 0.25) is 10.0 Å². The number of H-pyrrole nitrogens is 2. The van der Waals surface area contributed by atoms with Crippen LogP contribution in [0.15, 0.2) is 29.6 Å². The van der Waals surface area contributed by atoms with E-state index in [1.54, 1.807) is 18.5 Å². The molecular weight excluding hydrogens is 278 g/mol. The standard InChI is InChI=1S/C12H19N5O2S/c1-2-3-13-8-11-4-12(9-14-11)20(18,19)17-7-10-5-15-16-6-10/h4-6,9,13-14,17H,2-3,7-8H2,1H3,(H,15,16). The molecule has 8 heteroatoms. The maximum absolute atomic E-state index is 12.1. The Morgan fingerprint density at radius 1 is 1.30 bits per heavy atom. The van der Waals surface area contributed by atoms with Crippen molar-refractivity contribution in [3.8, 4) is 0 Å². The molecular formula is C12H19N5O2S. The number of hydrogen-bond donors (Lipinski definition) is 4. The molecule has 0 saturated carbocycles. The van der Waals surface area contributed by atoms with E-state index in [1.807, 2.05) is 0 Å². The van der Waals surface area contributed by atoms with E-state index >= 15 is 0 Å². The lowest BCUT2D eigenvalue weighted by molar-refractivity contribution is 0.581. The zero-order valence-corrected chi connectivity index (χ0v) is 12.1. The van der Waals surface area contributed by atoms with Crippen molar-refractivity contribution in [1.29, 1.82) is 0 Å². The van der Waals surface area contributed by atoms with Gasteiger partial charge in [0, 0.05) is 36.7 Å². The van der Waals surface area contributed by atoms with E-state index in [0.717, 1.165) is 24.2 Å². The summed E-state index contributed by atoms with van der Waals surface area (Å²) in [5.74, 6) is 0. The molecule has 0 aliphatic rings. The molecule has 0 radical (unpaired) electrons. The molecule has 2 aromatic heterocycles. The van der Waals surface area contributed by atoms with Crippen molar-refractivity contribution < 1.29 is 8.42 Å². The van der Waals surface area contributed by atoms with Crippen LogP contribution in [0.2, 0.25) is 0 Å². The first kappa shape index (κ1) is 14.8. The summed E-state index contributed by atoms with van der Waals surface area (Å²) in [5.41, 5.74) is 1.64. The predicted octanol–water partition coefficient (Wildman–Crippen LogP) is 0.716. The number of aromatic nitrogens is 3. The number of hydrogen-bond acceptors (Lipinski definition) is 4. The SMILES string of the molecule is CCCNCc1cc(S(=O)(=O)NCc2cn[nH]c2)c[nH]1. The van der Waals surface area contributed by atoms with Crippen molar-refractivity contribution in [2.75, 3.05) is 6.54 Å². The van der Waals surface area contributed by atoms with Crippen LogP contribution in [0.5, 0.6) is 0 Å². The fourth-order valence-corrected chi connectivity index (χ4v) is 2.75. The van der Waals surface area contributed by atoms with Gasteiger partial charge in [-0.05, 0) is 19.0 Å². The summed E-state index contributed by atoms with van der Waals surface area (Å²) in [6.07, 6.45) is 5.78. The predicted molar refractivity (Wildman–Crippen MR) is 75.4 cm³/mol. The van der Waals surface area contributed by atoms with Gasteiger partial charge in [-0.25, -0.2) is 13.1 Å². The Morgan fingerprint density at radius 3 is 2.85 bits per heavy atom. The van der Waals surface area contributed by atoms with Crippen LogP contribution in [0.25, 0.3) is 0 Å². The Hall–Kier alpha value is -1.64. The minimum Gasteiger partial charge on any atom is -0.363 e. The normalized spacial score (nSPS) is 11.8. The molecule has 0 spiro atoms. The molecule has 2 aromatic rings. The van der Waals surface area contributed by atoms with Gasteiger partial charge in [0.15, 0.2) is 0 Å². The van der Waals surface area contributed by atoms with Gasteiger partial charge in [0.1, 0.15) is 0 Å². The molecule has 0 unspecified atom stereocenters. The highest BCUT2D eigenvalue weighted by atomic mass is 32.2. The summed E-state index contributed by atoms with van der Waals surface area (Å²) in [6, 6.07) is 1.64. The van der Waals surface area contributed by atoms with Gasteiger partial charge in [-0.1, -0.05) is 6.92 Å². The first-order valence-corrected chi connectivity index (χ1v) is 7.95. The monoisotopic (exact) mass is 297 g/mol. The summed E-state index contributed by atoms with van der Waals surface area (Å²) < 4.78 is 26.7. The maximum atomic E-state index is 12.1. The lowest BCUT2D eigenvalue weighted by Gasteiger charge is -2.02. The van der Waals surface area contributed by atoms with Crippen LogP contribution in [-0.4, -0.2) is 30.1 Å². The van der Waals surface area contributed by atoms with E-state index in [4.69, 9.17) is 0 Å². The van der Waals surface area contributed by atoms with Crippen molar-refractivity contribution in [2.45, 2.75) is 31.3 Å². The lowest BCUT2D eigenvalue weighted by atomic mass is 10.4.